The third kappa shape index (κ3) is 3.05. The van der Waals surface area contributed by atoms with Gasteiger partial charge in [-0.05, 0) is 18.9 Å². The molecular weight excluding hydrogens is 264 g/mol. The average molecular weight is 280 g/mol. The number of hydrogen-bond donors (Lipinski definition) is 1. The van der Waals surface area contributed by atoms with E-state index in [0.717, 1.165) is 25.5 Å². The Balaban J connectivity index is 2.24. The van der Waals surface area contributed by atoms with Crippen LogP contribution in [0.25, 0.3) is 0 Å². The predicted molar refractivity (Wildman–Crippen MR) is 72.3 cm³/mol. The maximum absolute atomic E-state index is 11.3. The number of aromatic carboxylic acids is 1. The molecule has 0 aliphatic carbocycles. The van der Waals surface area contributed by atoms with Crippen LogP contribution in [0.5, 0.6) is 0 Å². The number of likely N-dealkylation sites (N-methyl/N-ethyl adjacent to an activating group) is 1. The molecule has 1 aromatic carbocycles. The molecule has 0 bridgehead atoms. The lowest BCUT2D eigenvalue weighted by atomic mass is 10.1. The first-order chi connectivity index (χ1) is 9.49. The molecule has 0 aromatic heterocycles. The van der Waals surface area contributed by atoms with Crippen LogP contribution < -0.4 is 4.90 Å². The number of rotatable bonds is 5. The minimum Gasteiger partial charge on any atom is -0.478 e. The Morgan fingerprint density at radius 3 is 2.90 bits per heavy atom. The standard InChI is InChI=1S/C13H16N2O5/c1-14(8-10-3-2-6-20-10)12-5-4-9(15(18)19)7-11(12)13(16)17/h4-5,7,10H,2-3,6,8H2,1H3,(H,16,17). The second-order valence-electron chi connectivity index (χ2n) is 4.78. The van der Waals surface area contributed by atoms with Gasteiger partial charge in [0.05, 0.1) is 22.3 Å². The first kappa shape index (κ1) is 14.3. The molecule has 1 saturated heterocycles. The topological polar surface area (TPSA) is 92.9 Å². The van der Waals surface area contributed by atoms with Gasteiger partial charge in [0.15, 0.2) is 0 Å². The summed E-state index contributed by atoms with van der Waals surface area (Å²) in [4.78, 5) is 23.1. The highest BCUT2D eigenvalue weighted by molar-refractivity contribution is 5.95. The van der Waals surface area contributed by atoms with E-state index in [-0.39, 0.29) is 17.4 Å². The second-order valence-corrected chi connectivity index (χ2v) is 4.78. The van der Waals surface area contributed by atoms with E-state index in [0.29, 0.717) is 12.2 Å². The van der Waals surface area contributed by atoms with Gasteiger partial charge in [0.1, 0.15) is 0 Å². The number of carbonyl (C=O) groups is 1. The molecule has 0 amide bonds. The van der Waals surface area contributed by atoms with E-state index >= 15 is 0 Å². The molecule has 1 aromatic rings. The monoisotopic (exact) mass is 280 g/mol. The zero-order valence-corrected chi connectivity index (χ0v) is 11.1. The minimum absolute atomic E-state index is 0.0697. The fourth-order valence-electron chi connectivity index (χ4n) is 2.33. The average Bonchev–Trinajstić information content (AvgIpc) is 2.90. The Labute approximate surface area is 115 Å². The SMILES string of the molecule is CN(CC1CCCO1)c1ccc([N+](=O)[O-])cc1C(=O)O. The van der Waals surface area contributed by atoms with Crippen molar-refractivity contribution < 1.29 is 19.6 Å². The molecule has 7 nitrogen and oxygen atoms in total. The summed E-state index contributed by atoms with van der Waals surface area (Å²) in [6.45, 7) is 1.29. The summed E-state index contributed by atoms with van der Waals surface area (Å²) in [7, 11) is 1.76. The molecule has 1 atom stereocenters. The number of carboxylic acids is 1. The van der Waals surface area contributed by atoms with Crippen LogP contribution in [0, 0.1) is 10.1 Å². The van der Waals surface area contributed by atoms with Gasteiger partial charge in [-0.25, -0.2) is 4.79 Å². The summed E-state index contributed by atoms with van der Waals surface area (Å²) in [5, 5.41) is 19.9. The van der Waals surface area contributed by atoms with Gasteiger partial charge in [0.2, 0.25) is 0 Å². The van der Waals surface area contributed by atoms with E-state index in [9.17, 15) is 20.0 Å². The summed E-state index contributed by atoms with van der Waals surface area (Å²) in [5.41, 5.74) is 0.162. The van der Waals surface area contributed by atoms with Crippen LogP contribution in [0.2, 0.25) is 0 Å². The maximum Gasteiger partial charge on any atom is 0.338 e. The number of carboxylic acid groups (broad SMARTS) is 1. The number of hydrogen-bond acceptors (Lipinski definition) is 5. The summed E-state index contributed by atoms with van der Waals surface area (Å²) in [5.74, 6) is -1.18. The molecule has 108 valence electrons. The number of nitro benzene ring substituents is 1. The van der Waals surface area contributed by atoms with Crippen molar-refractivity contribution in [2.45, 2.75) is 18.9 Å². The van der Waals surface area contributed by atoms with Crippen LogP contribution in [0.3, 0.4) is 0 Å². The molecule has 1 heterocycles. The molecule has 1 fully saturated rings. The van der Waals surface area contributed by atoms with Crippen LogP contribution >= 0.6 is 0 Å². The second kappa shape index (κ2) is 5.87. The molecule has 2 rings (SSSR count). The lowest BCUT2D eigenvalue weighted by molar-refractivity contribution is -0.384. The Kier molecular flexibility index (Phi) is 4.19. The van der Waals surface area contributed by atoms with E-state index < -0.39 is 10.9 Å². The summed E-state index contributed by atoms with van der Waals surface area (Å²) in [6, 6.07) is 3.87. The molecule has 1 N–H and O–H groups in total. The fourth-order valence-corrected chi connectivity index (χ4v) is 2.33. The van der Waals surface area contributed by atoms with Crippen molar-refractivity contribution >= 4 is 17.3 Å². The van der Waals surface area contributed by atoms with Crippen LogP contribution in [-0.2, 0) is 4.74 Å². The number of anilines is 1. The molecule has 7 heteroatoms. The van der Waals surface area contributed by atoms with Gasteiger partial charge in [-0.15, -0.1) is 0 Å². The largest absolute Gasteiger partial charge is 0.478 e. The van der Waals surface area contributed by atoms with Crippen molar-refractivity contribution in [1.29, 1.82) is 0 Å². The van der Waals surface area contributed by atoms with Crippen molar-refractivity contribution in [2.24, 2.45) is 0 Å². The first-order valence-electron chi connectivity index (χ1n) is 6.33. The fraction of sp³-hybridized carbons (Fsp3) is 0.462. The van der Waals surface area contributed by atoms with E-state index in [1.807, 2.05) is 0 Å². The zero-order chi connectivity index (χ0) is 14.7. The predicted octanol–water partition coefficient (Wildman–Crippen LogP) is 1.91. The molecule has 1 unspecified atom stereocenters. The van der Waals surface area contributed by atoms with Gasteiger partial charge >= 0.3 is 5.97 Å². The quantitative estimate of drug-likeness (QED) is 0.654. The summed E-state index contributed by atoms with van der Waals surface area (Å²) < 4.78 is 5.51. The molecule has 0 spiro atoms. The van der Waals surface area contributed by atoms with Crippen LogP contribution in [0.1, 0.15) is 23.2 Å². The van der Waals surface area contributed by atoms with Crippen LogP contribution in [-0.4, -0.2) is 42.3 Å². The van der Waals surface area contributed by atoms with Crippen molar-refractivity contribution in [2.75, 3.05) is 25.1 Å². The third-order valence-corrected chi connectivity index (χ3v) is 3.33. The van der Waals surface area contributed by atoms with E-state index in [4.69, 9.17) is 4.74 Å². The van der Waals surface area contributed by atoms with Gasteiger partial charge in [0.25, 0.3) is 5.69 Å². The van der Waals surface area contributed by atoms with Crippen LogP contribution in [0.4, 0.5) is 11.4 Å². The number of non-ortho nitro benzene ring substituents is 1. The van der Waals surface area contributed by atoms with Gasteiger partial charge in [-0.1, -0.05) is 0 Å². The normalized spacial score (nSPS) is 17.9. The molecular formula is C13H16N2O5. The number of nitro groups is 1. The molecule has 20 heavy (non-hydrogen) atoms. The number of benzene rings is 1. The maximum atomic E-state index is 11.3. The summed E-state index contributed by atoms with van der Waals surface area (Å²) >= 11 is 0. The smallest absolute Gasteiger partial charge is 0.338 e. The summed E-state index contributed by atoms with van der Waals surface area (Å²) in [6.07, 6.45) is 2.03. The highest BCUT2D eigenvalue weighted by Crippen LogP contribution is 2.26. The van der Waals surface area contributed by atoms with Crippen molar-refractivity contribution in [3.05, 3.63) is 33.9 Å². The van der Waals surface area contributed by atoms with Gasteiger partial charge in [0, 0.05) is 32.3 Å². The van der Waals surface area contributed by atoms with Crippen molar-refractivity contribution in [3.8, 4) is 0 Å². The highest BCUT2D eigenvalue weighted by atomic mass is 16.6. The number of ether oxygens (including phenoxy) is 1. The Morgan fingerprint density at radius 2 is 2.35 bits per heavy atom. The highest BCUT2D eigenvalue weighted by Gasteiger charge is 2.22. The lowest BCUT2D eigenvalue weighted by Gasteiger charge is -2.24. The minimum atomic E-state index is -1.18. The van der Waals surface area contributed by atoms with Gasteiger partial charge in [-0.3, -0.25) is 10.1 Å². The third-order valence-electron chi connectivity index (χ3n) is 3.33. The Bertz CT molecular complexity index is 525. The Hall–Kier alpha value is -2.15. The lowest BCUT2D eigenvalue weighted by Crippen LogP contribution is -2.29. The molecule has 0 saturated carbocycles. The number of nitrogens with zero attached hydrogens (tertiary/aromatic N) is 2. The molecule has 0 radical (unpaired) electrons. The van der Waals surface area contributed by atoms with Crippen molar-refractivity contribution in [3.63, 3.8) is 0 Å². The first-order valence-corrected chi connectivity index (χ1v) is 6.33. The van der Waals surface area contributed by atoms with Gasteiger partial charge in [-0.2, -0.15) is 0 Å². The van der Waals surface area contributed by atoms with Crippen molar-refractivity contribution in [1.82, 2.24) is 0 Å². The van der Waals surface area contributed by atoms with Gasteiger partial charge < -0.3 is 14.7 Å². The molecule has 1 aliphatic heterocycles. The Morgan fingerprint density at radius 1 is 1.60 bits per heavy atom. The van der Waals surface area contributed by atoms with E-state index in [1.165, 1.54) is 12.1 Å². The van der Waals surface area contributed by atoms with Crippen LogP contribution in [0.15, 0.2) is 18.2 Å². The van der Waals surface area contributed by atoms with E-state index in [2.05, 4.69) is 0 Å². The molecule has 1 aliphatic rings. The zero-order valence-electron chi connectivity index (χ0n) is 11.1. The van der Waals surface area contributed by atoms with E-state index in [1.54, 1.807) is 11.9 Å².